The van der Waals surface area contributed by atoms with Gasteiger partial charge >= 0.3 is 6.18 Å². The van der Waals surface area contributed by atoms with Gasteiger partial charge in [0.1, 0.15) is 5.75 Å². The SMILES string of the molecule is CNCc1ccc(OC)c(CN(CC(F)(F)F)C2CC2)c1. The number of ether oxygens (including phenoxy) is 1. The third-order valence-electron chi connectivity index (χ3n) is 3.54. The maximum Gasteiger partial charge on any atom is 0.401 e. The lowest BCUT2D eigenvalue weighted by Crippen LogP contribution is -2.35. The molecule has 0 radical (unpaired) electrons. The predicted molar refractivity (Wildman–Crippen MR) is 75.2 cm³/mol. The zero-order valence-electron chi connectivity index (χ0n) is 12.3. The topological polar surface area (TPSA) is 24.5 Å². The number of methoxy groups -OCH3 is 1. The minimum Gasteiger partial charge on any atom is -0.496 e. The van der Waals surface area contributed by atoms with Crippen LogP contribution in [0, 0.1) is 0 Å². The number of alkyl halides is 3. The Morgan fingerprint density at radius 1 is 1.33 bits per heavy atom. The Bertz CT molecular complexity index is 472. The molecule has 3 nitrogen and oxygen atoms in total. The Labute approximate surface area is 123 Å². The number of nitrogens with zero attached hydrogens (tertiary/aromatic N) is 1. The fraction of sp³-hybridized carbons (Fsp3) is 0.600. The molecule has 1 aromatic rings. The van der Waals surface area contributed by atoms with Gasteiger partial charge in [-0.2, -0.15) is 13.2 Å². The van der Waals surface area contributed by atoms with Crippen molar-refractivity contribution >= 4 is 0 Å². The van der Waals surface area contributed by atoms with E-state index in [4.69, 9.17) is 4.74 Å². The first-order valence-corrected chi connectivity index (χ1v) is 7.04. The highest BCUT2D eigenvalue weighted by molar-refractivity contribution is 5.37. The third kappa shape index (κ3) is 4.89. The summed E-state index contributed by atoms with van der Waals surface area (Å²) in [6.07, 6.45) is -2.48. The van der Waals surface area contributed by atoms with Crippen LogP contribution in [0.5, 0.6) is 5.75 Å². The zero-order chi connectivity index (χ0) is 15.5. The molecule has 1 fully saturated rings. The normalized spacial score (nSPS) is 15.5. The lowest BCUT2D eigenvalue weighted by Gasteiger charge is -2.24. The molecule has 0 unspecified atom stereocenters. The molecule has 2 rings (SSSR count). The summed E-state index contributed by atoms with van der Waals surface area (Å²) in [4.78, 5) is 1.50. The average molecular weight is 302 g/mol. The van der Waals surface area contributed by atoms with E-state index in [1.165, 1.54) is 4.90 Å². The molecule has 0 heterocycles. The molecular formula is C15H21F3N2O. The van der Waals surface area contributed by atoms with Crippen LogP contribution in [-0.2, 0) is 13.1 Å². The Hall–Kier alpha value is -1.27. The van der Waals surface area contributed by atoms with Gasteiger partial charge in [0.2, 0.25) is 0 Å². The number of hydrogen-bond donors (Lipinski definition) is 1. The zero-order valence-corrected chi connectivity index (χ0v) is 12.3. The molecule has 1 aliphatic carbocycles. The molecule has 1 saturated carbocycles. The van der Waals surface area contributed by atoms with Crippen LogP contribution in [-0.4, -0.2) is 37.8 Å². The monoisotopic (exact) mass is 302 g/mol. The van der Waals surface area contributed by atoms with E-state index < -0.39 is 12.7 Å². The predicted octanol–water partition coefficient (Wildman–Crippen LogP) is 2.94. The smallest absolute Gasteiger partial charge is 0.401 e. The van der Waals surface area contributed by atoms with Crippen LogP contribution in [0.3, 0.4) is 0 Å². The van der Waals surface area contributed by atoms with E-state index in [-0.39, 0.29) is 12.6 Å². The molecule has 0 saturated heterocycles. The fourth-order valence-corrected chi connectivity index (χ4v) is 2.47. The van der Waals surface area contributed by atoms with Gasteiger partial charge in [-0.3, -0.25) is 4.90 Å². The molecule has 0 aromatic heterocycles. The first kappa shape index (κ1) is 16.1. The van der Waals surface area contributed by atoms with Gasteiger partial charge in [-0.05, 0) is 37.6 Å². The summed E-state index contributed by atoms with van der Waals surface area (Å²) < 4.78 is 43.4. The van der Waals surface area contributed by atoms with Crippen molar-refractivity contribution in [2.24, 2.45) is 0 Å². The summed E-state index contributed by atoms with van der Waals surface area (Å²) in [5.41, 5.74) is 1.84. The maximum atomic E-state index is 12.7. The van der Waals surface area contributed by atoms with Crippen molar-refractivity contribution in [3.8, 4) is 5.75 Å². The second kappa shape index (κ2) is 6.66. The Morgan fingerprint density at radius 2 is 2.05 bits per heavy atom. The first-order valence-electron chi connectivity index (χ1n) is 7.04. The van der Waals surface area contributed by atoms with Gasteiger partial charge < -0.3 is 10.1 Å². The van der Waals surface area contributed by atoms with Crippen LogP contribution in [0.15, 0.2) is 18.2 Å². The van der Waals surface area contributed by atoms with Gasteiger partial charge in [0.15, 0.2) is 0 Å². The number of rotatable bonds is 7. The van der Waals surface area contributed by atoms with Crippen LogP contribution < -0.4 is 10.1 Å². The summed E-state index contributed by atoms with van der Waals surface area (Å²) in [6, 6.07) is 5.70. The van der Waals surface area contributed by atoms with Gasteiger partial charge in [-0.1, -0.05) is 6.07 Å². The molecule has 1 N–H and O–H groups in total. The average Bonchev–Trinajstić information content (AvgIpc) is 3.21. The van der Waals surface area contributed by atoms with E-state index in [1.54, 1.807) is 7.11 Å². The molecule has 0 amide bonds. The summed E-state index contributed by atoms with van der Waals surface area (Å²) in [5, 5.41) is 3.04. The lowest BCUT2D eigenvalue weighted by molar-refractivity contribution is -0.148. The summed E-state index contributed by atoms with van der Waals surface area (Å²) in [6.45, 7) is 0.0850. The Morgan fingerprint density at radius 3 is 2.57 bits per heavy atom. The second-order valence-corrected chi connectivity index (χ2v) is 5.43. The number of nitrogens with one attached hydrogen (secondary N) is 1. The molecule has 1 aliphatic rings. The van der Waals surface area contributed by atoms with Crippen LogP contribution in [0.2, 0.25) is 0 Å². The van der Waals surface area contributed by atoms with E-state index in [0.717, 1.165) is 24.0 Å². The highest BCUT2D eigenvalue weighted by atomic mass is 19.4. The van der Waals surface area contributed by atoms with Crippen molar-refractivity contribution in [3.63, 3.8) is 0 Å². The van der Waals surface area contributed by atoms with Gasteiger partial charge in [-0.15, -0.1) is 0 Å². The molecule has 0 bridgehead atoms. The second-order valence-electron chi connectivity index (χ2n) is 5.43. The van der Waals surface area contributed by atoms with Crippen molar-refractivity contribution < 1.29 is 17.9 Å². The molecule has 21 heavy (non-hydrogen) atoms. The molecule has 6 heteroatoms. The third-order valence-corrected chi connectivity index (χ3v) is 3.54. The van der Waals surface area contributed by atoms with Crippen LogP contribution in [0.25, 0.3) is 0 Å². The van der Waals surface area contributed by atoms with E-state index in [2.05, 4.69) is 5.32 Å². The lowest BCUT2D eigenvalue weighted by atomic mass is 10.1. The quantitative estimate of drug-likeness (QED) is 0.838. The number of hydrogen-bond acceptors (Lipinski definition) is 3. The van der Waals surface area contributed by atoms with E-state index in [9.17, 15) is 13.2 Å². The van der Waals surface area contributed by atoms with Gasteiger partial charge in [0.05, 0.1) is 13.7 Å². The summed E-state index contributed by atoms with van der Waals surface area (Å²) in [5.74, 6) is 0.641. The van der Waals surface area contributed by atoms with Crippen molar-refractivity contribution in [2.45, 2.75) is 38.1 Å². The van der Waals surface area contributed by atoms with Crippen molar-refractivity contribution in [1.82, 2.24) is 10.2 Å². The van der Waals surface area contributed by atoms with Crippen LogP contribution in [0.4, 0.5) is 13.2 Å². The van der Waals surface area contributed by atoms with Crippen LogP contribution >= 0.6 is 0 Å². The maximum absolute atomic E-state index is 12.7. The van der Waals surface area contributed by atoms with E-state index in [0.29, 0.717) is 12.3 Å². The minimum absolute atomic E-state index is 0.0456. The molecule has 118 valence electrons. The largest absolute Gasteiger partial charge is 0.496 e. The van der Waals surface area contributed by atoms with E-state index >= 15 is 0 Å². The highest BCUT2D eigenvalue weighted by Gasteiger charge is 2.38. The van der Waals surface area contributed by atoms with Gasteiger partial charge in [-0.25, -0.2) is 0 Å². The van der Waals surface area contributed by atoms with Crippen molar-refractivity contribution in [2.75, 3.05) is 20.7 Å². The molecular weight excluding hydrogens is 281 g/mol. The Kier molecular flexibility index (Phi) is 5.11. The first-order chi connectivity index (χ1) is 9.93. The van der Waals surface area contributed by atoms with Gasteiger partial charge in [0, 0.05) is 24.7 Å². The minimum atomic E-state index is -4.17. The molecule has 1 aromatic carbocycles. The highest BCUT2D eigenvalue weighted by Crippen LogP contribution is 2.33. The Balaban J connectivity index is 2.16. The fourth-order valence-electron chi connectivity index (χ4n) is 2.47. The van der Waals surface area contributed by atoms with Crippen LogP contribution in [0.1, 0.15) is 24.0 Å². The molecule has 0 aliphatic heterocycles. The molecule has 0 atom stereocenters. The number of benzene rings is 1. The summed E-state index contributed by atoms with van der Waals surface area (Å²) >= 11 is 0. The standard InChI is InChI=1S/C15H21F3N2O/c1-19-8-11-3-6-14(21-2)12(7-11)9-20(13-4-5-13)10-15(16,17)18/h3,6-7,13,19H,4-5,8-10H2,1-2H3. The summed E-state index contributed by atoms with van der Waals surface area (Å²) in [7, 11) is 3.38. The van der Waals surface area contributed by atoms with Crippen molar-refractivity contribution in [3.05, 3.63) is 29.3 Å². The van der Waals surface area contributed by atoms with E-state index in [1.807, 2.05) is 25.2 Å². The molecule has 0 spiro atoms. The van der Waals surface area contributed by atoms with Gasteiger partial charge in [0.25, 0.3) is 0 Å². The van der Waals surface area contributed by atoms with Crippen molar-refractivity contribution in [1.29, 1.82) is 0 Å². The number of halogens is 3.